The minimum Gasteiger partial charge on any atom is -0.385 e. The van der Waals surface area contributed by atoms with Gasteiger partial charge in [0.2, 0.25) is 5.91 Å². The molecule has 0 spiro atoms. The second-order valence-corrected chi connectivity index (χ2v) is 5.30. The number of hydrogen-bond acceptors (Lipinski definition) is 3. The van der Waals surface area contributed by atoms with E-state index in [0.29, 0.717) is 13.2 Å². The molecule has 1 fully saturated rings. The van der Waals surface area contributed by atoms with Gasteiger partial charge in [-0.1, -0.05) is 30.3 Å². The number of amides is 1. The molecule has 0 aromatic heterocycles. The van der Waals surface area contributed by atoms with Gasteiger partial charge in [0, 0.05) is 20.3 Å². The zero-order valence-electron chi connectivity index (χ0n) is 12.2. The molecular weight excluding hydrogens is 252 g/mol. The predicted octanol–water partition coefficient (Wildman–Crippen LogP) is 1.46. The third-order valence-electron chi connectivity index (χ3n) is 4.03. The zero-order valence-corrected chi connectivity index (χ0v) is 12.2. The Morgan fingerprint density at radius 1 is 1.30 bits per heavy atom. The number of carbonyl (C=O) groups is 1. The van der Waals surface area contributed by atoms with Gasteiger partial charge in [-0.3, -0.25) is 4.79 Å². The highest BCUT2D eigenvalue weighted by atomic mass is 16.5. The second kappa shape index (κ2) is 7.41. The molecule has 110 valence electrons. The highest BCUT2D eigenvalue weighted by molar-refractivity contribution is 5.88. The normalized spacial score (nSPS) is 17.6. The van der Waals surface area contributed by atoms with Crippen LogP contribution in [0.5, 0.6) is 0 Å². The molecule has 1 aliphatic rings. The van der Waals surface area contributed by atoms with E-state index in [0.717, 1.165) is 37.9 Å². The van der Waals surface area contributed by atoms with Gasteiger partial charge in [0.1, 0.15) is 0 Å². The standard InChI is InChI=1S/C16H24N2O2/c1-20-13-5-10-18-15(19)16(8-11-17-12-9-16)14-6-3-2-4-7-14/h2-4,6-7,17H,5,8-13H2,1H3,(H,18,19). The number of piperidine rings is 1. The Morgan fingerprint density at radius 3 is 2.65 bits per heavy atom. The van der Waals surface area contributed by atoms with Crippen molar-refractivity contribution in [1.29, 1.82) is 0 Å². The first-order valence-electron chi connectivity index (χ1n) is 7.33. The summed E-state index contributed by atoms with van der Waals surface area (Å²) >= 11 is 0. The van der Waals surface area contributed by atoms with Crippen LogP contribution < -0.4 is 10.6 Å². The van der Waals surface area contributed by atoms with Gasteiger partial charge in [-0.25, -0.2) is 0 Å². The Balaban J connectivity index is 2.09. The maximum atomic E-state index is 12.7. The third-order valence-corrected chi connectivity index (χ3v) is 4.03. The van der Waals surface area contributed by atoms with Gasteiger partial charge < -0.3 is 15.4 Å². The van der Waals surface area contributed by atoms with E-state index < -0.39 is 0 Å². The molecule has 0 bridgehead atoms. The summed E-state index contributed by atoms with van der Waals surface area (Å²) in [6.45, 7) is 3.13. The Kier molecular flexibility index (Phi) is 5.56. The van der Waals surface area contributed by atoms with Gasteiger partial charge in [-0.05, 0) is 37.9 Å². The summed E-state index contributed by atoms with van der Waals surface area (Å²) in [6.07, 6.45) is 2.56. The van der Waals surface area contributed by atoms with Gasteiger partial charge in [-0.15, -0.1) is 0 Å². The molecule has 0 radical (unpaired) electrons. The molecule has 4 nitrogen and oxygen atoms in total. The van der Waals surface area contributed by atoms with Crippen molar-refractivity contribution in [2.45, 2.75) is 24.7 Å². The molecule has 2 N–H and O–H groups in total. The predicted molar refractivity (Wildman–Crippen MR) is 79.7 cm³/mol. The van der Waals surface area contributed by atoms with Crippen LogP contribution in [0.4, 0.5) is 0 Å². The maximum absolute atomic E-state index is 12.7. The summed E-state index contributed by atoms with van der Waals surface area (Å²) in [4.78, 5) is 12.7. The van der Waals surface area contributed by atoms with Crippen molar-refractivity contribution in [2.24, 2.45) is 0 Å². The summed E-state index contributed by atoms with van der Waals surface area (Å²) in [5, 5.41) is 6.42. The molecule has 4 heteroatoms. The fourth-order valence-corrected chi connectivity index (χ4v) is 2.85. The molecule has 1 saturated heterocycles. The fourth-order valence-electron chi connectivity index (χ4n) is 2.85. The van der Waals surface area contributed by atoms with E-state index in [9.17, 15) is 4.79 Å². The number of hydrogen-bond donors (Lipinski definition) is 2. The molecule has 1 aromatic carbocycles. The molecule has 0 atom stereocenters. The summed E-state index contributed by atoms with van der Waals surface area (Å²) in [7, 11) is 1.68. The Labute approximate surface area is 120 Å². The molecule has 0 saturated carbocycles. The SMILES string of the molecule is COCCCNC(=O)C1(c2ccccc2)CCNCC1. The Bertz CT molecular complexity index is 414. The minimum absolute atomic E-state index is 0.154. The van der Waals surface area contributed by atoms with Gasteiger partial charge in [0.05, 0.1) is 5.41 Å². The number of methoxy groups -OCH3 is 1. The lowest BCUT2D eigenvalue weighted by Crippen LogP contribution is -2.50. The first-order valence-corrected chi connectivity index (χ1v) is 7.33. The molecule has 2 rings (SSSR count). The quantitative estimate of drug-likeness (QED) is 0.773. The number of carbonyl (C=O) groups excluding carboxylic acids is 1. The summed E-state index contributed by atoms with van der Waals surface area (Å²) in [5.41, 5.74) is 0.755. The van der Waals surface area contributed by atoms with Crippen LogP contribution in [0.25, 0.3) is 0 Å². The number of benzene rings is 1. The Hall–Kier alpha value is -1.39. The monoisotopic (exact) mass is 276 g/mol. The van der Waals surface area contributed by atoms with Crippen molar-refractivity contribution in [3.8, 4) is 0 Å². The second-order valence-electron chi connectivity index (χ2n) is 5.30. The molecule has 20 heavy (non-hydrogen) atoms. The maximum Gasteiger partial charge on any atom is 0.230 e. The van der Waals surface area contributed by atoms with E-state index in [1.165, 1.54) is 0 Å². The van der Waals surface area contributed by atoms with Crippen LogP contribution in [0.3, 0.4) is 0 Å². The first-order chi connectivity index (χ1) is 9.79. The number of rotatable bonds is 6. The average Bonchev–Trinajstić information content (AvgIpc) is 2.53. The van der Waals surface area contributed by atoms with E-state index in [1.807, 2.05) is 18.2 Å². The highest BCUT2D eigenvalue weighted by Gasteiger charge is 2.40. The van der Waals surface area contributed by atoms with E-state index in [4.69, 9.17) is 4.74 Å². The number of ether oxygens (including phenoxy) is 1. The van der Waals surface area contributed by atoms with Crippen molar-refractivity contribution >= 4 is 5.91 Å². The Morgan fingerprint density at radius 2 is 2.00 bits per heavy atom. The van der Waals surface area contributed by atoms with Gasteiger partial charge in [-0.2, -0.15) is 0 Å². The van der Waals surface area contributed by atoms with E-state index in [2.05, 4.69) is 22.8 Å². The lowest BCUT2D eigenvalue weighted by molar-refractivity contribution is -0.127. The largest absolute Gasteiger partial charge is 0.385 e. The van der Waals surface area contributed by atoms with Crippen LogP contribution >= 0.6 is 0 Å². The van der Waals surface area contributed by atoms with E-state index >= 15 is 0 Å². The van der Waals surface area contributed by atoms with Crippen molar-refractivity contribution < 1.29 is 9.53 Å². The van der Waals surface area contributed by atoms with Gasteiger partial charge in [0.15, 0.2) is 0 Å². The van der Waals surface area contributed by atoms with Gasteiger partial charge >= 0.3 is 0 Å². The molecule has 1 heterocycles. The number of nitrogens with one attached hydrogen (secondary N) is 2. The van der Waals surface area contributed by atoms with Crippen molar-refractivity contribution in [1.82, 2.24) is 10.6 Å². The van der Waals surface area contributed by atoms with Crippen LogP contribution in [0.1, 0.15) is 24.8 Å². The zero-order chi connectivity index (χ0) is 14.3. The first kappa shape index (κ1) is 15.0. The van der Waals surface area contributed by atoms with Crippen LogP contribution in [0.15, 0.2) is 30.3 Å². The highest BCUT2D eigenvalue weighted by Crippen LogP contribution is 2.33. The van der Waals surface area contributed by atoms with Crippen molar-refractivity contribution in [3.05, 3.63) is 35.9 Å². The third kappa shape index (κ3) is 3.38. The van der Waals surface area contributed by atoms with Crippen LogP contribution in [-0.2, 0) is 14.9 Å². The summed E-state index contributed by atoms with van der Waals surface area (Å²) in [6, 6.07) is 10.2. The molecular formula is C16H24N2O2. The van der Waals surface area contributed by atoms with Crippen LogP contribution in [-0.4, -0.2) is 39.3 Å². The topological polar surface area (TPSA) is 50.4 Å². The average molecular weight is 276 g/mol. The summed E-state index contributed by atoms with van der Waals surface area (Å²) < 4.78 is 5.02. The summed E-state index contributed by atoms with van der Waals surface area (Å²) in [5.74, 6) is 0.154. The van der Waals surface area contributed by atoms with Crippen LogP contribution in [0, 0.1) is 0 Å². The molecule has 1 aromatic rings. The van der Waals surface area contributed by atoms with Crippen LogP contribution in [0.2, 0.25) is 0 Å². The molecule has 0 aliphatic carbocycles. The van der Waals surface area contributed by atoms with Crippen molar-refractivity contribution in [2.75, 3.05) is 33.4 Å². The van der Waals surface area contributed by atoms with Gasteiger partial charge in [0.25, 0.3) is 0 Å². The molecule has 1 amide bonds. The molecule has 0 unspecified atom stereocenters. The lowest BCUT2D eigenvalue weighted by atomic mass is 9.72. The molecule has 1 aliphatic heterocycles. The van der Waals surface area contributed by atoms with E-state index in [-0.39, 0.29) is 11.3 Å². The van der Waals surface area contributed by atoms with Crippen molar-refractivity contribution in [3.63, 3.8) is 0 Å². The van der Waals surface area contributed by atoms with E-state index in [1.54, 1.807) is 7.11 Å². The minimum atomic E-state index is -0.375. The fraction of sp³-hybridized carbons (Fsp3) is 0.562. The lowest BCUT2D eigenvalue weighted by Gasteiger charge is -2.36. The smallest absolute Gasteiger partial charge is 0.230 e.